The molecule has 0 aromatic carbocycles. The van der Waals surface area contributed by atoms with E-state index in [4.69, 9.17) is 4.74 Å². The standard InChI is InChI=1S/C19H30N4O4S/c1-22(2)16(25)12-23(3)11-15(24)21-19-17(18(26)20-9-10-27-4)13-7-5-6-8-14(13)28-19/h5-12H2,1-4H3,(H,20,26)(H,21,24)/p+1. The lowest BCUT2D eigenvalue weighted by Crippen LogP contribution is -3.11. The number of likely N-dealkylation sites (N-methyl/N-ethyl adjacent to an activating group) is 2. The SMILES string of the molecule is COCCNC(=O)c1c(NC(=O)C[NH+](C)CC(=O)N(C)C)sc2c1CCCC2. The molecule has 3 amide bonds. The van der Waals surface area contributed by atoms with Gasteiger partial charge in [0.1, 0.15) is 5.00 Å². The first-order chi connectivity index (χ1) is 13.3. The Bertz CT molecular complexity index is 717. The number of fused-ring (bicyclic) bond motifs is 1. The third-order valence-corrected chi connectivity index (χ3v) is 5.86. The summed E-state index contributed by atoms with van der Waals surface area (Å²) in [5, 5.41) is 6.39. The van der Waals surface area contributed by atoms with Crippen LogP contribution in [0.4, 0.5) is 5.00 Å². The number of rotatable bonds is 9. The fourth-order valence-electron chi connectivity index (χ4n) is 3.17. The number of hydrogen-bond donors (Lipinski definition) is 3. The van der Waals surface area contributed by atoms with Crippen LogP contribution in [0.15, 0.2) is 0 Å². The van der Waals surface area contributed by atoms with Gasteiger partial charge in [0.05, 0.1) is 19.2 Å². The molecular formula is C19H31N4O4S+. The summed E-state index contributed by atoms with van der Waals surface area (Å²) in [7, 11) is 6.78. The number of hydrogen-bond acceptors (Lipinski definition) is 5. The van der Waals surface area contributed by atoms with Crippen molar-refractivity contribution in [3.8, 4) is 0 Å². The van der Waals surface area contributed by atoms with Crippen molar-refractivity contribution >= 4 is 34.1 Å². The summed E-state index contributed by atoms with van der Waals surface area (Å²) >= 11 is 1.50. The number of carbonyl (C=O) groups excluding carboxylic acids is 3. The van der Waals surface area contributed by atoms with Crippen molar-refractivity contribution in [2.75, 3.05) is 59.8 Å². The molecule has 1 aromatic rings. The highest BCUT2D eigenvalue weighted by Crippen LogP contribution is 2.38. The van der Waals surface area contributed by atoms with Gasteiger partial charge in [-0.3, -0.25) is 14.4 Å². The Morgan fingerprint density at radius 3 is 2.57 bits per heavy atom. The smallest absolute Gasteiger partial charge is 0.280 e. The van der Waals surface area contributed by atoms with Crippen LogP contribution in [-0.2, 0) is 27.2 Å². The van der Waals surface area contributed by atoms with Gasteiger partial charge in [0, 0.05) is 32.6 Å². The van der Waals surface area contributed by atoms with Gasteiger partial charge in [-0.05, 0) is 31.2 Å². The monoisotopic (exact) mass is 411 g/mol. The minimum Gasteiger partial charge on any atom is -0.383 e. The van der Waals surface area contributed by atoms with Gasteiger partial charge < -0.3 is 25.2 Å². The van der Waals surface area contributed by atoms with Gasteiger partial charge in [-0.2, -0.15) is 0 Å². The second kappa shape index (κ2) is 10.5. The van der Waals surface area contributed by atoms with Crippen LogP contribution in [0.25, 0.3) is 0 Å². The van der Waals surface area contributed by atoms with E-state index >= 15 is 0 Å². The van der Waals surface area contributed by atoms with Crippen LogP contribution in [0, 0.1) is 0 Å². The molecule has 0 bridgehead atoms. The topological polar surface area (TPSA) is 92.2 Å². The van der Waals surface area contributed by atoms with E-state index in [1.807, 2.05) is 0 Å². The second-order valence-electron chi connectivity index (χ2n) is 7.31. The van der Waals surface area contributed by atoms with E-state index < -0.39 is 0 Å². The summed E-state index contributed by atoms with van der Waals surface area (Å²) in [6.07, 6.45) is 3.95. The van der Waals surface area contributed by atoms with E-state index in [1.165, 1.54) is 21.1 Å². The summed E-state index contributed by atoms with van der Waals surface area (Å²) in [6, 6.07) is 0. The van der Waals surface area contributed by atoms with Crippen molar-refractivity contribution in [3.63, 3.8) is 0 Å². The number of aryl methyl sites for hydroxylation is 1. The molecule has 1 heterocycles. The van der Waals surface area contributed by atoms with Crippen LogP contribution in [0.5, 0.6) is 0 Å². The predicted molar refractivity (Wildman–Crippen MR) is 109 cm³/mol. The van der Waals surface area contributed by atoms with Crippen LogP contribution < -0.4 is 15.5 Å². The molecule has 0 aliphatic heterocycles. The number of quaternary nitrogens is 1. The summed E-state index contributed by atoms with van der Waals surface area (Å²) in [5.74, 6) is -0.404. The lowest BCUT2D eigenvalue weighted by molar-refractivity contribution is -0.862. The molecule has 2 rings (SSSR count). The zero-order valence-corrected chi connectivity index (χ0v) is 18.0. The number of thiophene rings is 1. The summed E-state index contributed by atoms with van der Waals surface area (Å²) < 4.78 is 4.99. The van der Waals surface area contributed by atoms with Crippen molar-refractivity contribution in [3.05, 3.63) is 16.0 Å². The van der Waals surface area contributed by atoms with Gasteiger partial charge in [0.15, 0.2) is 13.1 Å². The highest BCUT2D eigenvalue weighted by atomic mass is 32.1. The Labute approximate surface area is 170 Å². The predicted octanol–water partition coefficient (Wildman–Crippen LogP) is -0.455. The zero-order chi connectivity index (χ0) is 20.7. The fraction of sp³-hybridized carbons (Fsp3) is 0.632. The Morgan fingerprint density at radius 2 is 1.89 bits per heavy atom. The highest BCUT2D eigenvalue weighted by molar-refractivity contribution is 7.17. The van der Waals surface area contributed by atoms with E-state index in [9.17, 15) is 14.4 Å². The molecule has 1 aliphatic carbocycles. The van der Waals surface area contributed by atoms with Gasteiger partial charge in [0.25, 0.3) is 17.7 Å². The summed E-state index contributed by atoms with van der Waals surface area (Å²) in [4.78, 5) is 40.5. The fourth-order valence-corrected chi connectivity index (χ4v) is 4.48. The van der Waals surface area contributed by atoms with E-state index in [1.54, 1.807) is 28.3 Å². The third kappa shape index (κ3) is 6.02. The van der Waals surface area contributed by atoms with Gasteiger partial charge in [-0.1, -0.05) is 0 Å². The second-order valence-corrected chi connectivity index (χ2v) is 8.42. The number of ether oxygens (including phenoxy) is 1. The average Bonchev–Trinajstić information content (AvgIpc) is 2.99. The molecule has 1 unspecified atom stereocenters. The Hall–Kier alpha value is -1.97. The maximum atomic E-state index is 12.7. The van der Waals surface area contributed by atoms with Crippen molar-refractivity contribution in [1.29, 1.82) is 0 Å². The van der Waals surface area contributed by atoms with Crippen molar-refractivity contribution in [2.45, 2.75) is 25.7 Å². The van der Waals surface area contributed by atoms with Crippen molar-refractivity contribution in [1.82, 2.24) is 10.2 Å². The Kier molecular flexibility index (Phi) is 8.40. The molecule has 1 aliphatic rings. The van der Waals surface area contributed by atoms with E-state index in [2.05, 4.69) is 10.6 Å². The van der Waals surface area contributed by atoms with Gasteiger partial charge in [-0.15, -0.1) is 11.3 Å². The number of nitrogens with one attached hydrogen (secondary N) is 3. The van der Waals surface area contributed by atoms with Crippen molar-refractivity contribution in [2.24, 2.45) is 0 Å². The molecule has 0 fully saturated rings. The molecule has 156 valence electrons. The number of amides is 3. The van der Waals surface area contributed by atoms with Crippen LogP contribution >= 0.6 is 11.3 Å². The van der Waals surface area contributed by atoms with Gasteiger partial charge in [0.2, 0.25) is 0 Å². The van der Waals surface area contributed by atoms with E-state index in [-0.39, 0.29) is 30.8 Å². The third-order valence-electron chi connectivity index (χ3n) is 4.66. The lowest BCUT2D eigenvalue weighted by atomic mass is 9.95. The first-order valence-corrected chi connectivity index (χ1v) is 10.4. The Balaban J connectivity index is 2.09. The molecule has 3 N–H and O–H groups in total. The van der Waals surface area contributed by atoms with Gasteiger partial charge in [-0.25, -0.2) is 0 Å². The molecule has 28 heavy (non-hydrogen) atoms. The minimum atomic E-state index is -0.200. The van der Waals surface area contributed by atoms with Crippen LogP contribution in [-0.4, -0.2) is 77.1 Å². The van der Waals surface area contributed by atoms with Crippen LogP contribution in [0.1, 0.15) is 33.6 Å². The molecular weight excluding hydrogens is 380 g/mol. The first kappa shape index (κ1) is 22.3. The largest absolute Gasteiger partial charge is 0.383 e. The maximum Gasteiger partial charge on any atom is 0.280 e. The number of anilines is 1. The summed E-state index contributed by atoms with van der Waals surface area (Å²) in [6.45, 7) is 1.26. The maximum absolute atomic E-state index is 12.7. The Morgan fingerprint density at radius 1 is 1.18 bits per heavy atom. The van der Waals surface area contributed by atoms with E-state index in [0.717, 1.165) is 36.1 Å². The molecule has 1 aromatic heterocycles. The number of methoxy groups -OCH3 is 1. The average molecular weight is 412 g/mol. The molecule has 9 heteroatoms. The van der Waals surface area contributed by atoms with Crippen LogP contribution in [0.3, 0.4) is 0 Å². The number of carbonyl (C=O) groups is 3. The summed E-state index contributed by atoms with van der Waals surface area (Å²) in [5.41, 5.74) is 1.65. The molecule has 0 saturated carbocycles. The molecule has 0 spiro atoms. The van der Waals surface area contributed by atoms with E-state index in [0.29, 0.717) is 23.7 Å². The molecule has 0 radical (unpaired) electrons. The van der Waals surface area contributed by atoms with Crippen molar-refractivity contribution < 1.29 is 24.0 Å². The number of nitrogens with zero attached hydrogens (tertiary/aromatic N) is 1. The van der Waals surface area contributed by atoms with Crippen LogP contribution in [0.2, 0.25) is 0 Å². The molecule has 8 nitrogen and oxygen atoms in total. The molecule has 0 saturated heterocycles. The highest BCUT2D eigenvalue weighted by Gasteiger charge is 2.27. The normalized spacial score (nSPS) is 14.1. The first-order valence-electron chi connectivity index (χ1n) is 9.56. The zero-order valence-electron chi connectivity index (χ0n) is 17.1. The van der Waals surface area contributed by atoms with Gasteiger partial charge >= 0.3 is 0 Å². The minimum absolute atomic E-state index is 0.0323. The lowest BCUT2D eigenvalue weighted by Gasteiger charge is -2.16. The quantitative estimate of drug-likeness (QED) is 0.480. The molecule has 1 atom stereocenters.